The number of halogens is 2. The Balaban J connectivity index is 2.09. The van der Waals surface area contributed by atoms with Gasteiger partial charge < -0.3 is 13.7 Å². The van der Waals surface area contributed by atoms with Gasteiger partial charge in [0.15, 0.2) is 22.2 Å². The quantitative estimate of drug-likeness (QED) is 0.537. The fourth-order valence-corrected chi connectivity index (χ4v) is 3.20. The van der Waals surface area contributed by atoms with Gasteiger partial charge in [0.2, 0.25) is 11.2 Å². The average Bonchev–Trinajstić information content (AvgIpc) is 2.59. The van der Waals surface area contributed by atoms with E-state index in [0.717, 1.165) is 0 Å². The van der Waals surface area contributed by atoms with Crippen LogP contribution in [0.15, 0.2) is 67.1 Å². The number of rotatable bonds is 4. The van der Waals surface area contributed by atoms with Crippen LogP contribution < -0.4 is 10.2 Å². The van der Waals surface area contributed by atoms with Crippen molar-refractivity contribution in [2.75, 3.05) is 6.26 Å². The van der Waals surface area contributed by atoms with Gasteiger partial charge in [-0.1, -0.05) is 15.9 Å². The van der Waals surface area contributed by atoms with E-state index in [1.165, 1.54) is 18.2 Å². The van der Waals surface area contributed by atoms with Crippen molar-refractivity contribution in [3.8, 4) is 22.8 Å². The third-order valence-corrected chi connectivity index (χ3v) is 5.01. The molecule has 0 unspecified atom stereocenters. The minimum atomic E-state index is -1.12. The van der Waals surface area contributed by atoms with Crippen molar-refractivity contribution in [1.29, 1.82) is 0 Å². The van der Waals surface area contributed by atoms with Gasteiger partial charge in [-0.25, -0.2) is 4.39 Å². The van der Waals surface area contributed by atoms with Crippen LogP contribution in [0.25, 0.3) is 11.3 Å². The largest absolute Gasteiger partial charge is 0.612 e. The summed E-state index contributed by atoms with van der Waals surface area (Å²) in [5.41, 5.74) is 0.140. The van der Waals surface area contributed by atoms with Crippen LogP contribution in [0.1, 0.15) is 5.76 Å². The van der Waals surface area contributed by atoms with Crippen LogP contribution in [0.5, 0.6) is 11.5 Å². The SMILES string of the molecule is Cc1cc(=O)c(Oc2ccc(Br)cc2F)c(-c2ccc([S@+](C)[O-])cc2)o1. The van der Waals surface area contributed by atoms with Gasteiger partial charge in [0, 0.05) is 16.1 Å². The fourth-order valence-electron chi connectivity index (χ4n) is 2.35. The topological polar surface area (TPSA) is 62.5 Å². The second-order valence-electron chi connectivity index (χ2n) is 5.53. The van der Waals surface area contributed by atoms with Gasteiger partial charge in [-0.05, 0) is 60.6 Å². The predicted molar refractivity (Wildman–Crippen MR) is 102 cm³/mol. The highest BCUT2D eigenvalue weighted by Gasteiger charge is 2.18. The first-order chi connectivity index (χ1) is 12.3. The molecule has 0 radical (unpaired) electrons. The summed E-state index contributed by atoms with van der Waals surface area (Å²) < 4.78 is 37.4. The molecule has 0 aliphatic carbocycles. The number of hydrogen-bond donors (Lipinski definition) is 0. The van der Waals surface area contributed by atoms with Gasteiger partial charge in [0.25, 0.3) is 0 Å². The summed E-state index contributed by atoms with van der Waals surface area (Å²) in [6.07, 6.45) is 1.58. The Bertz CT molecular complexity index is 999. The molecular formula is C19H14BrFO4S. The molecule has 0 aliphatic rings. The molecule has 7 heteroatoms. The second kappa shape index (κ2) is 7.65. The third kappa shape index (κ3) is 4.00. The van der Waals surface area contributed by atoms with E-state index < -0.39 is 22.4 Å². The molecule has 134 valence electrons. The summed E-state index contributed by atoms with van der Waals surface area (Å²) >= 11 is 2.05. The molecule has 0 fully saturated rings. The Kier molecular flexibility index (Phi) is 5.50. The molecule has 0 saturated carbocycles. The monoisotopic (exact) mass is 436 g/mol. The van der Waals surface area contributed by atoms with Crippen molar-refractivity contribution < 1.29 is 18.1 Å². The average molecular weight is 437 g/mol. The van der Waals surface area contributed by atoms with Crippen molar-refractivity contribution in [1.82, 2.24) is 0 Å². The van der Waals surface area contributed by atoms with E-state index in [1.54, 1.807) is 43.5 Å². The molecule has 0 spiro atoms. The number of benzene rings is 2. The van der Waals surface area contributed by atoms with E-state index >= 15 is 0 Å². The normalized spacial score (nSPS) is 12.0. The second-order valence-corrected chi connectivity index (χ2v) is 7.83. The first-order valence-electron chi connectivity index (χ1n) is 7.56. The smallest absolute Gasteiger partial charge is 0.228 e. The minimum Gasteiger partial charge on any atom is -0.612 e. The van der Waals surface area contributed by atoms with E-state index in [1.807, 2.05) is 0 Å². The molecule has 0 N–H and O–H groups in total. The van der Waals surface area contributed by atoms with Crippen molar-refractivity contribution in [3.05, 3.63) is 74.8 Å². The standard InChI is InChI=1S/C19H14BrFO4S/c1-11-9-16(22)19(25-17-8-5-13(20)10-15(17)21)18(24-11)12-3-6-14(7-4-12)26(2)23/h3-10H,1-2H3/t26-/m0/s1. The van der Waals surface area contributed by atoms with E-state index in [2.05, 4.69) is 15.9 Å². The molecule has 0 amide bonds. The van der Waals surface area contributed by atoms with Crippen LogP contribution in [0.3, 0.4) is 0 Å². The molecule has 3 rings (SSSR count). The highest BCUT2D eigenvalue weighted by atomic mass is 79.9. The summed E-state index contributed by atoms with van der Waals surface area (Å²) in [6, 6.07) is 12.3. The summed E-state index contributed by atoms with van der Waals surface area (Å²) in [6.45, 7) is 1.64. The lowest BCUT2D eigenvalue weighted by Gasteiger charge is -2.12. The lowest BCUT2D eigenvalue weighted by atomic mass is 10.1. The molecule has 26 heavy (non-hydrogen) atoms. The molecule has 0 bridgehead atoms. The molecule has 0 aliphatic heterocycles. The first-order valence-corrected chi connectivity index (χ1v) is 9.92. The summed E-state index contributed by atoms with van der Waals surface area (Å²) in [4.78, 5) is 13.1. The van der Waals surface area contributed by atoms with Crippen LogP contribution in [0.4, 0.5) is 4.39 Å². The molecule has 0 saturated heterocycles. The van der Waals surface area contributed by atoms with Crippen molar-refractivity contribution >= 4 is 27.1 Å². The molecule has 3 aromatic rings. The summed E-state index contributed by atoms with van der Waals surface area (Å²) in [5.74, 6) is -0.219. The van der Waals surface area contributed by atoms with Crippen molar-refractivity contribution in [3.63, 3.8) is 0 Å². The Hall–Kier alpha value is -2.09. The zero-order valence-corrected chi connectivity index (χ0v) is 16.3. The van der Waals surface area contributed by atoms with Gasteiger partial charge in [0.1, 0.15) is 12.0 Å². The van der Waals surface area contributed by atoms with Crippen LogP contribution >= 0.6 is 15.9 Å². The maximum Gasteiger partial charge on any atom is 0.228 e. The maximum absolute atomic E-state index is 14.1. The van der Waals surface area contributed by atoms with Crippen LogP contribution in [0, 0.1) is 12.7 Å². The minimum absolute atomic E-state index is 0.0862. The van der Waals surface area contributed by atoms with Crippen LogP contribution in [-0.4, -0.2) is 10.8 Å². The molecule has 1 aromatic heterocycles. The zero-order chi connectivity index (χ0) is 18.8. The van der Waals surface area contributed by atoms with Gasteiger partial charge in [-0.3, -0.25) is 4.79 Å². The van der Waals surface area contributed by atoms with Crippen LogP contribution in [-0.2, 0) is 11.2 Å². The van der Waals surface area contributed by atoms with Gasteiger partial charge in [-0.2, -0.15) is 0 Å². The van der Waals surface area contributed by atoms with Crippen molar-refractivity contribution in [2.24, 2.45) is 0 Å². The zero-order valence-electron chi connectivity index (χ0n) is 13.9. The molecular weight excluding hydrogens is 423 g/mol. The van der Waals surface area contributed by atoms with E-state index in [4.69, 9.17) is 9.15 Å². The molecule has 2 aromatic carbocycles. The summed E-state index contributed by atoms with van der Waals surface area (Å²) in [7, 11) is 0. The Morgan fingerprint density at radius 2 is 1.85 bits per heavy atom. The highest BCUT2D eigenvalue weighted by molar-refractivity contribution is 9.10. The predicted octanol–water partition coefficient (Wildman–Crippen LogP) is 5.05. The van der Waals surface area contributed by atoms with Crippen molar-refractivity contribution in [2.45, 2.75) is 11.8 Å². The van der Waals surface area contributed by atoms with E-state index in [9.17, 15) is 13.7 Å². The number of aryl methyl sites for hydroxylation is 1. The molecule has 1 atom stereocenters. The lowest BCUT2D eigenvalue weighted by Crippen LogP contribution is -2.07. The summed E-state index contributed by atoms with van der Waals surface area (Å²) in [5, 5.41) is 0. The molecule has 4 nitrogen and oxygen atoms in total. The highest BCUT2D eigenvalue weighted by Crippen LogP contribution is 2.33. The Morgan fingerprint density at radius 3 is 2.46 bits per heavy atom. The fraction of sp³-hybridized carbons (Fsp3) is 0.105. The van der Waals surface area contributed by atoms with Gasteiger partial charge >= 0.3 is 0 Å². The van der Waals surface area contributed by atoms with Gasteiger partial charge in [-0.15, -0.1) is 0 Å². The third-order valence-electron chi connectivity index (χ3n) is 3.58. The van der Waals surface area contributed by atoms with Gasteiger partial charge in [0.05, 0.1) is 0 Å². The first kappa shape index (κ1) is 18.7. The Morgan fingerprint density at radius 1 is 1.15 bits per heavy atom. The van der Waals surface area contributed by atoms with E-state index in [0.29, 0.717) is 20.7 Å². The lowest BCUT2D eigenvalue weighted by molar-refractivity contribution is 0.414. The van der Waals surface area contributed by atoms with E-state index in [-0.39, 0.29) is 17.3 Å². The maximum atomic E-state index is 14.1. The number of ether oxygens (including phenoxy) is 1. The Labute approximate surface area is 160 Å². The molecule has 1 heterocycles. The van der Waals surface area contributed by atoms with Crippen LogP contribution in [0.2, 0.25) is 0 Å². The number of hydrogen-bond acceptors (Lipinski definition) is 4.